The Bertz CT molecular complexity index is 8830. The number of aromatic nitrogens is 10. The fourth-order valence-electron chi connectivity index (χ4n) is 19.9. The molecule has 128 heavy (non-hydrogen) atoms. The van der Waals surface area contributed by atoms with Gasteiger partial charge in [0.05, 0.1) is 76.5 Å². The van der Waals surface area contributed by atoms with Crippen LogP contribution in [0.1, 0.15) is 0 Å². The molecule has 0 radical (unpaired) electrons. The fourth-order valence-corrected chi connectivity index (χ4v) is 21.2. The van der Waals surface area contributed by atoms with E-state index < -0.39 is 0 Å². The number of thiophene rings is 1. The molecule has 13 nitrogen and oxygen atoms in total. The number of furan rings is 3. The van der Waals surface area contributed by atoms with Gasteiger partial charge in [-0.05, 0) is 121 Å². The lowest BCUT2D eigenvalue weighted by Gasteiger charge is -2.11. The van der Waals surface area contributed by atoms with E-state index in [2.05, 4.69) is 297 Å². The SMILES string of the molecule is c1ccc(-c2nc(-c3ccccc3)nc(-c3cccc4c3oc3c(-n5c6ccccc6c6cc(-n7c8ccccc8c8c9oc%10ccccc%10c9ccc87)ccc65)cccc34)n2)cc1.c1ccc(-c2nc(-c3ccccc3)nc(-c3cccc4c3sc3c(-n5c6ccccc6c6cc(-n7c8ccccc8c8c9oc%10ccccc%10c9ccc87)ccc65)cccc34)n2)cc1. The van der Waals surface area contributed by atoms with Crippen molar-refractivity contribution in [2.75, 3.05) is 0 Å². The Hall–Kier alpha value is -17.2. The van der Waals surface area contributed by atoms with E-state index in [1.165, 1.54) is 31.6 Å². The predicted octanol–water partition coefficient (Wildman–Crippen LogP) is 30.2. The minimum atomic E-state index is 0.550. The number of hydrogen-bond acceptors (Lipinski definition) is 10. The lowest BCUT2D eigenvalue weighted by Crippen LogP contribution is -2.00. The smallest absolute Gasteiger partial charge is 0.167 e. The molecule has 0 atom stereocenters. The van der Waals surface area contributed by atoms with E-state index in [4.69, 9.17) is 43.2 Å². The molecule has 0 unspecified atom stereocenters. The Labute approximate surface area is 732 Å². The van der Waals surface area contributed by atoms with Crippen molar-refractivity contribution in [3.8, 4) is 91.1 Å². The van der Waals surface area contributed by atoms with Crippen molar-refractivity contribution in [3.63, 3.8) is 0 Å². The zero-order valence-electron chi connectivity index (χ0n) is 68.2. The molecule has 10 heterocycles. The molecule has 0 bridgehead atoms. The maximum Gasteiger partial charge on any atom is 0.167 e. The zero-order valence-corrected chi connectivity index (χ0v) is 69.0. The van der Waals surface area contributed by atoms with Gasteiger partial charge in [-0.3, -0.25) is 0 Å². The van der Waals surface area contributed by atoms with E-state index in [9.17, 15) is 0 Å². The average molecular weight is 1660 g/mol. The van der Waals surface area contributed by atoms with Crippen molar-refractivity contribution >= 4 is 185 Å². The molecule has 596 valence electrons. The van der Waals surface area contributed by atoms with Gasteiger partial charge in [-0.1, -0.05) is 279 Å². The van der Waals surface area contributed by atoms with Crippen LogP contribution >= 0.6 is 11.3 Å². The molecule has 14 heteroatoms. The number of para-hydroxylation sites is 8. The number of hydrogen-bond donors (Lipinski definition) is 0. The van der Waals surface area contributed by atoms with Crippen molar-refractivity contribution < 1.29 is 13.3 Å². The summed E-state index contributed by atoms with van der Waals surface area (Å²) in [4.78, 5) is 30.3. The number of fused-ring (bicyclic) bond motifs is 26. The summed E-state index contributed by atoms with van der Waals surface area (Å²) >= 11 is 1.80. The third-order valence-electron chi connectivity index (χ3n) is 25.6. The Morgan fingerprint density at radius 3 is 0.992 bits per heavy atom. The number of benzene rings is 18. The second kappa shape index (κ2) is 28.2. The highest BCUT2D eigenvalue weighted by atomic mass is 32.1. The molecule has 0 fully saturated rings. The summed E-state index contributed by atoms with van der Waals surface area (Å²) in [6.45, 7) is 0. The molecule has 0 aliphatic heterocycles. The van der Waals surface area contributed by atoms with Crippen molar-refractivity contribution in [1.29, 1.82) is 0 Å². The van der Waals surface area contributed by atoms with E-state index in [-0.39, 0.29) is 0 Å². The Balaban J connectivity index is 0.000000132. The largest absolute Gasteiger partial charge is 0.455 e. The third kappa shape index (κ3) is 10.9. The molecule has 0 spiro atoms. The summed E-state index contributed by atoms with van der Waals surface area (Å²) in [6.07, 6.45) is 0. The first-order valence-corrected chi connectivity index (χ1v) is 43.7. The molecule has 0 saturated carbocycles. The van der Waals surface area contributed by atoms with Gasteiger partial charge >= 0.3 is 0 Å². The highest BCUT2D eigenvalue weighted by molar-refractivity contribution is 7.26. The topological polar surface area (TPSA) is 136 Å². The van der Waals surface area contributed by atoms with Crippen LogP contribution in [0.2, 0.25) is 0 Å². The van der Waals surface area contributed by atoms with Crippen LogP contribution in [0.4, 0.5) is 0 Å². The summed E-state index contributed by atoms with van der Waals surface area (Å²) < 4.78 is 32.2. The first-order chi connectivity index (χ1) is 63.5. The molecule has 0 saturated heterocycles. The predicted molar refractivity (Wildman–Crippen MR) is 524 cm³/mol. The molecular weight excluding hydrogens is 1590 g/mol. The quantitative estimate of drug-likeness (QED) is 0.131. The maximum atomic E-state index is 7.08. The summed E-state index contributed by atoms with van der Waals surface area (Å²) in [7, 11) is 0. The van der Waals surface area contributed by atoms with E-state index >= 15 is 0 Å². The van der Waals surface area contributed by atoms with Crippen LogP contribution in [0.5, 0.6) is 0 Å². The third-order valence-corrected chi connectivity index (χ3v) is 26.8. The van der Waals surface area contributed by atoms with Crippen molar-refractivity contribution in [2.24, 2.45) is 0 Å². The lowest BCUT2D eigenvalue weighted by atomic mass is 10.1. The first kappa shape index (κ1) is 71.4. The molecule has 10 aromatic heterocycles. The van der Waals surface area contributed by atoms with E-state index in [1.54, 1.807) is 11.3 Å². The second-order valence-electron chi connectivity index (χ2n) is 32.6. The summed E-state index contributed by atoms with van der Waals surface area (Å²) in [5, 5.41) is 18.2. The highest BCUT2D eigenvalue weighted by Gasteiger charge is 2.28. The van der Waals surface area contributed by atoms with Gasteiger partial charge in [0, 0.05) is 119 Å². The van der Waals surface area contributed by atoms with Crippen LogP contribution in [0.25, 0.3) is 264 Å². The van der Waals surface area contributed by atoms with Gasteiger partial charge in [0.2, 0.25) is 0 Å². The van der Waals surface area contributed by atoms with Gasteiger partial charge in [0.15, 0.2) is 40.5 Å². The van der Waals surface area contributed by atoms with E-state index in [1.807, 2.05) is 121 Å². The maximum absolute atomic E-state index is 7.08. The minimum Gasteiger partial charge on any atom is -0.455 e. The van der Waals surface area contributed by atoms with Crippen molar-refractivity contribution in [2.45, 2.75) is 0 Å². The zero-order chi connectivity index (χ0) is 83.8. The van der Waals surface area contributed by atoms with Gasteiger partial charge in [0.25, 0.3) is 0 Å². The van der Waals surface area contributed by atoms with Crippen molar-refractivity contribution in [3.05, 3.63) is 400 Å². The fraction of sp³-hybridized carbons (Fsp3) is 0. The average Bonchev–Trinajstić information content (AvgIpc) is 1.58. The van der Waals surface area contributed by atoms with Crippen LogP contribution in [0, 0.1) is 0 Å². The van der Waals surface area contributed by atoms with Crippen LogP contribution in [-0.4, -0.2) is 48.2 Å². The first-order valence-electron chi connectivity index (χ1n) is 42.9. The standard InChI is InChI=1S/C57H33N5O2.C57H33N5OS/c1-3-15-34(16-4-1)55-58-56(35-17-5-2-6-18-35)60-57(59-55)43-24-13-22-39-40-23-14-27-49(53(40)64-52(39)43)62-45-25-10-7-19-37(45)44-33-36(29-31-47(44)62)61-46-26-11-8-21-42(46)51-48(61)32-30-41-38-20-9-12-28-50(38)63-54(41)51;1-3-15-34(16-4-1)55-58-56(35-17-5-2-6-18-35)60-57(59-55)43-24-13-22-40-41-23-14-27-49(54(41)64-53(40)43)62-45-25-10-7-19-37(45)44-33-36(29-31-47(44)62)61-46-26-11-8-21-42(46)51-48(61)32-30-39-38-20-9-12-28-50(38)63-52(39)51/h2*1-33H. The molecule has 18 aromatic carbocycles. The van der Waals surface area contributed by atoms with E-state index in [0.717, 1.165) is 198 Å². The highest BCUT2D eigenvalue weighted by Crippen LogP contribution is 2.49. The summed E-state index contributed by atoms with van der Waals surface area (Å²) in [6, 6.07) is 140. The molecule has 28 aromatic rings. The van der Waals surface area contributed by atoms with Crippen molar-refractivity contribution in [1.82, 2.24) is 48.2 Å². The van der Waals surface area contributed by atoms with Gasteiger partial charge in [-0.2, -0.15) is 0 Å². The second-order valence-corrected chi connectivity index (χ2v) is 33.7. The molecule has 28 rings (SSSR count). The normalized spacial score (nSPS) is 12.1. The minimum absolute atomic E-state index is 0.550. The van der Waals surface area contributed by atoms with Crippen LogP contribution in [0.15, 0.2) is 414 Å². The van der Waals surface area contributed by atoms with Gasteiger partial charge in [-0.25, -0.2) is 29.9 Å². The molecule has 0 N–H and O–H groups in total. The summed E-state index contributed by atoms with van der Waals surface area (Å²) in [5.74, 6) is 3.71. The lowest BCUT2D eigenvalue weighted by molar-refractivity contribution is 0.667. The van der Waals surface area contributed by atoms with E-state index in [0.29, 0.717) is 34.9 Å². The van der Waals surface area contributed by atoms with Crippen LogP contribution in [0.3, 0.4) is 0 Å². The van der Waals surface area contributed by atoms with Crippen LogP contribution < -0.4 is 0 Å². The monoisotopic (exact) mass is 1650 g/mol. The summed E-state index contributed by atoms with van der Waals surface area (Å²) in [5.41, 5.74) is 23.9. The molecule has 0 aliphatic carbocycles. The van der Waals surface area contributed by atoms with Gasteiger partial charge in [-0.15, -0.1) is 11.3 Å². The Morgan fingerprint density at radius 2 is 0.516 bits per heavy atom. The Kier molecular flexibility index (Phi) is 15.7. The Morgan fingerprint density at radius 1 is 0.188 bits per heavy atom. The van der Waals surface area contributed by atoms with Crippen LogP contribution in [-0.2, 0) is 0 Å². The number of rotatable bonds is 10. The van der Waals surface area contributed by atoms with Gasteiger partial charge in [0.1, 0.15) is 27.9 Å². The molecular formula is C114H66N10O3S. The molecule has 0 amide bonds. The number of nitrogens with zero attached hydrogens (tertiary/aromatic N) is 10. The van der Waals surface area contributed by atoms with Gasteiger partial charge < -0.3 is 31.5 Å². The molecule has 0 aliphatic rings.